The molecule has 5 heteroatoms. The Hall–Kier alpha value is -2.82. The first-order valence-electron chi connectivity index (χ1n) is 9.42. The minimum Gasteiger partial charge on any atom is -0.455 e. The molecule has 1 atom stereocenters. The van der Waals surface area contributed by atoms with Crippen LogP contribution in [0.4, 0.5) is 5.69 Å². The predicted octanol–water partition coefficient (Wildman–Crippen LogP) is 4.09. The van der Waals surface area contributed by atoms with Crippen molar-refractivity contribution < 1.29 is 14.3 Å². The van der Waals surface area contributed by atoms with Gasteiger partial charge in [-0.2, -0.15) is 0 Å². The SMILES string of the molecule is CC(=O)N(CC(=O)N1CCCC(C)C1)c1ccccc1Oc1ccccc1. The van der Waals surface area contributed by atoms with Gasteiger partial charge in [-0.25, -0.2) is 0 Å². The molecule has 1 fully saturated rings. The maximum absolute atomic E-state index is 12.8. The van der Waals surface area contributed by atoms with E-state index in [9.17, 15) is 9.59 Å². The summed E-state index contributed by atoms with van der Waals surface area (Å²) in [5, 5.41) is 0. The quantitative estimate of drug-likeness (QED) is 0.801. The Morgan fingerprint density at radius 2 is 1.81 bits per heavy atom. The third-order valence-corrected chi connectivity index (χ3v) is 4.81. The lowest BCUT2D eigenvalue weighted by molar-refractivity contribution is -0.132. The van der Waals surface area contributed by atoms with Gasteiger partial charge in [0.2, 0.25) is 11.8 Å². The van der Waals surface area contributed by atoms with Crippen LogP contribution in [0.5, 0.6) is 11.5 Å². The van der Waals surface area contributed by atoms with E-state index in [1.165, 1.54) is 11.8 Å². The van der Waals surface area contributed by atoms with Crippen molar-refractivity contribution in [2.45, 2.75) is 26.7 Å². The van der Waals surface area contributed by atoms with Crippen molar-refractivity contribution in [2.24, 2.45) is 5.92 Å². The summed E-state index contributed by atoms with van der Waals surface area (Å²) >= 11 is 0. The van der Waals surface area contributed by atoms with Crippen LogP contribution in [0.1, 0.15) is 26.7 Å². The van der Waals surface area contributed by atoms with Gasteiger partial charge in [-0.15, -0.1) is 0 Å². The largest absolute Gasteiger partial charge is 0.455 e. The number of hydrogen-bond acceptors (Lipinski definition) is 3. The van der Waals surface area contributed by atoms with E-state index in [1.807, 2.05) is 59.5 Å². The van der Waals surface area contributed by atoms with E-state index in [-0.39, 0.29) is 18.4 Å². The second kappa shape index (κ2) is 8.71. The van der Waals surface area contributed by atoms with Crippen molar-refractivity contribution in [1.82, 2.24) is 4.90 Å². The van der Waals surface area contributed by atoms with E-state index in [2.05, 4.69) is 6.92 Å². The topological polar surface area (TPSA) is 49.9 Å². The number of carbonyl (C=O) groups excluding carboxylic acids is 2. The Bertz CT molecular complexity index is 791. The zero-order valence-electron chi connectivity index (χ0n) is 15.9. The van der Waals surface area contributed by atoms with Gasteiger partial charge in [0, 0.05) is 20.0 Å². The third kappa shape index (κ3) is 4.88. The molecule has 3 rings (SSSR count). The molecule has 0 spiro atoms. The highest BCUT2D eigenvalue weighted by Crippen LogP contribution is 2.32. The van der Waals surface area contributed by atoms with E-state index in [1.54, 1.807) is 0 Å². The molecule has 5 nitrogen and oxygen atoms in total. The van der Waals surface area contributed by atoms with Crippen LogP contribution < -0.4 is 9.64 Å². The molecule has 1 aliphatic heterocycles. The molecular formula is C22H26N2O3. The fourth-order valence-electron chi connectivity index (χ4n) is 3.40. The normalized spacial score (nSPS) is 16.7. The van der Waals surface area contributed by atoms with Crippen LogP contribution in [0.15, 0.2) is 54.6 Å². The minimum atomic E-state index is -0.183. The zero-order chi connectivity index (χ0) is 19.2. The fraction of sp³-hybridized carbons (Fsp3) is 0.364. The molecule has 0 aliphatic carbocycles. The molecule has 1 unspecified atom stereocenters. The van der Waals surface area contributed by atoms with E-state index in [0.717, 1.165) is 25.9 Å². The van der Waals surface area contributed by atoms with Gasteiger partial charge in [-0.1, -0.05) is 37.3 Å². The Morgan fingerprint density at radius 1 is 1.11 bits per heavy atom. The van der Waals surface area contributed by atoms with Crippen molar-refractivity contribution in [3.05, 3.63) is 54.6 Å². The number of rotatable bonds is 5. The average molecular weight is 366 g/mol. The summed E-state index contributed by atoms with van der Waals surface area (Å²) in [6, 6.07) is 16.7. The zero-order valence-corrected chi connectivity index (χ0v) is 15.9. The second-order valence-electron chi connectivity index (χ2n) is 7.08. The van der Waals surface area contributed by atoms with Crippen molar-refractivity contribution in [3.63, 3.8) is 0 Å². The van der Waals surface area contributed by atoms with Crippen molar-refractivity contribution in [2.75, 3.05) is 24.5 Å². The number of anilines is 1. The van der Waals surface area contributed by atoms with Crippen LogP contribution in [-0.4, -0.2) is 36.3 Å². The molecule has 0 N–H and O–H groups in total. The van der Waals surface area contributed by atoms with Gasteiger partial charge in [0.15, 0.2) is 5.75 Å². The minimum absolute atomic E-state index is 0.0220. The maximum atomic E-state index is 12.8. The Kier molecular flexibility index (Phi) is 6.12. The summed E-state index contributed by atoms with van der Waals surface area (Å²) in [6.07, 6.45) is 2.16. The van der Waals surface area contributed by atoms with Gasteiger partial charge in [0.25, 0.3) is 0 Å². The summed E-state index contributed by atoms with van der Waals surface area (Å²) in [5.41, 5.74) is 0.604. The van der Waals surface area contributed by atoms with E-state index >= 15 is 0 Å². The number of amides is 2. The van der Waals surface area contributed by atoms with E-state index in [0.29, 0.717) is 23.1 Å². The lowest BCUT2D eigenvalue weighted by atomic mass is 10.0. The average Bonchev–Trinajstić information content (AvgIpc) is 2.67. The molecule has 1 heterocycles. The molecule has 0 aromatic heterocycles. The summed E-state index contributed by atoms with van der Waals surface area (Å²) < 4.78 is 5.97. The lowest BCUT2D eigenvalue weighted by Crippen LogP contribution is -2.46. The first-order valence-corrected chi connectivity index (χ1v) is 9.42. The lowest BCUT2D eigenvalue weighted by Gasteiger charge is -2.33. The summed E-state index contributed by atoms with van der Waals surface area (Å²) in [6.45, 7) is 5.18. The monoisotopic (exact) mass is 366 g/mol. The summed E-state index contributed by atoms with van der Waals surface area (Å²) in [4.78, 5) is 28.5. The highest BCUT2D eigenvalue weighted by molar-refractivity contribution is 5.98. The number of likely N-dealkylation sites (tertiary alicyclic amines) is 1. The molecule has 2 aromatic carbocycles. The van der Waals surface area contributed by atoms with Crippen LogP contribution in [0.2, 0.25) is 0 Å². The van der Waals surface area contributed by atoms with Gasteiger partial charge in [-0.05, 0) is 43.0 Å². The first-order chi connectivity index (χ1) is 13.0. The maximum Gasteiger partial charge on any atom is 0.242 e. The van der Waals surface area contributed by atoms with Gasteiger partial charge in [0.1, 0.15) is 12.3 Å². The number of hydrogen-bond donors (Lipinski definition) is 0. The number of benzene rings is 2. The van der Waals surface area contributed by atoms with Crippen LogP contribution >= 0.6 is 0 Å². The number of carbonyl (C=O) groups is 2. The molecule has 2 amide bonds. The Morgan fingerprint density at radius 3 is 2.52 bits per heavy atom. The van der Waals surface area contributed by atoms with Crippen LogP contribution in [0, 0.1) is 5.92 Å². The molecule has 142 valence electrons. The van der Waals surface area contributed by atoms with E-state index < -0.39 is 0 Å². The Balaban J connectivity index is 1.81. The smallest absolute Gasteiger partial charge is 0.242 e. The molecular weight excluding hydrogens is 340 g/mol. The van der Waals surface area contributed by atoms with Crippen LogP contribution in [0.3, 0.4) is 0 Å². The number of piperidine rings is 1. The van der Waals surface area contributed by atoms with Crippen LogP contribution in [-0.2, 0) is 9.59 Å². The number of para-hydroxylation sites is 3. The standard InChI is InChI=1S/C22H26N2O3/c1-17-9-8-14-23(15-17)22(26)16-24(18(2)25)20-12-6-7-13-21(20)27-19-10-4-3-5-11-19/h3-7,10-13,17H,8-9,14-16H2,1-2H3. The molecule has 1 aliphatic rings. The number of nitrogens with zero attached hydrogens (tertiary/aromatic N) is 2. The van der Waals surface area contributed by atoms with Gasteiger partial charge in [0.05, 0.1) is 5.69 Å². The predicted molar refractivity (Wildman–Crippen MR) is 106 cm³/mol. The molecule has 0 saturated carbocycles. The van der Waals surface area contributed by atoms with E-state index in [4.69, 9.17) is 4.74 Å². The van der Waals surface area contributed by atoms with Gasteiger partial charge in [-0.3, -0.25) is 14.5 Å². The molecule has 1 saturated heterocycles. The highest BCUT2D eigenvalue weighted by atomic mass is 16.5. The van der Waals surface area contributed by atoms with Crippen molar-refractivity contribution in [1.29, 1.82) is 0 Å². The molecule has 27 heavy (non-hydrogen) atoms. The molecule has 0 bridgehead atoms. The Labute approximate surface area is 160 Å². The summed E-state index contributed by atoms with van der Waals surface area (Å²) in [5.74, 6) is 1.54. The van der Waals surface area contributed by atoms with Crippen molar-refractivity contribution in [3.8, 4) is 11.5 Å². The van der Waals surface area contributed by atoms with Crippen LogP contribution in [0.25, 0.3) is 0 Å². The second-order valence-corrected chi connectivity index (χ2v) is 7.08. The molecule has 0 radical (unpaired) electrons. The number of ether oxygens (including phenoxy) is 1. The van der Waals surface area contributed by atoms with Gasteiger partial charge < -0.3 is 9.64 Å². The summed E-state index contributed by atoms with van der Waals surface area (Å²) in [7, 11) is 0. The molecule has 2 aromatic rings. The fourth-order valence-corrected chi connectivity index (χ4v) is 3.40. The highest BCUT2D eigenvalue weighted by Gasteiger charge is 2.25. The van der Waals surface area contributed by atoms with Gasteiger partial charge >= 0.3 is 0 Å². The first kappa shape index (κ1) is 19.0. The third-order valence-electron chi connectivity index (χ3n) is 4.81. The van der Waals surface area contributed by atoms with Crippen molar-refractivity contribution >= 4 is 17.5 Å².